The quantitative estimate of drug-likeness (QED) is 0.780. The minimum atomic E-state index is 0.583. The van der Waals surface area contributed by atoms with Crippen molar-refractivity contribution in [3.63, 3.8) is 0 Å². The van der Waals surface area contributed by atoms with Gasteiger partial charge in [-0.3, -0.25) is 0 Å². The molecule has 1 aromatic rings. The summed E-state index contributed by atoms with van der Waals surface area (Å²) < 4.78 is 11.3. The standard InChI is InChI=1S/C16H24ClNO2/c1-13-12-15(5-6-16(13)17)20-11-10-19-9-7-14-4-2-3-8-18-14/h5-6,12,14,18H,2-4,7-11H2,1H3. The minimum absolute atomic E-state index is 0.583. The molecule has 0 spiro atoms. The molecule has 0 bridgehead atoms. The Labute approximate surface area is 126 Å². The van der Waals surface area contributed by atoms with Gasteiger partial charge in [0.05, 0.1) is 6.61 Å². The Hall–Kier alpha value is -0.770. The van der Waals surface area contributed by atoms with Gasteiger partial charge < -0.3 is 14.8 Å². The fourth-order valence-electron chi connectivity index (χ4n) is 2.42. The number of nitrogens with one attached hydrogen (secondary N) is 1. The summed E-state index contributed by atoms with van der Waals surface area (Å²) in [7, 11) is 0. The molecule has 1 N–H and O–H groups in total. The Kier molecular flexibility index (Phi) is 6.64. The number of rotatable bonds is 7. The van der Waals surface area contributed by atoms with E-state index in [0.717, 1.165) is 35.9 Å². The molecule has 1 aliphatic heterocycles. The fourth-order valence-corrected chi connectivity index (χ4v) is 2.54. The van der Waals surface area contributed by atoms with E-state index in [4.69, 9.17) is 21.1 Å². The molecule has 0 radical (unpaired) electrons. The van der Waals surface area contributed by atoms with Crippen molar-refractivity contribution in [2.24, 2.45) is 0 Å². The van der Waals surface area contributed by atoms with Crippen molar-refractivity contribution in [1.29, 1.82) is 0 Å². The van der Waals surface area contributed by atoms with Crippen LogP contribution in [0.15, 0.2) is 18.2 Å². The monoisotopic (exact) mass is 297 g/mol. The Bertz CT molecular complexity index is 405. The number of aryl methyl sites for hydroxylation is 1. The molecular weight excluding hydrogens is 274 g/mol. The van der Waals surface area contributed by atoms with E-state index in [-0.39, 0.29) is 0 Å². The Morgan fingerprint density at radius 2 is 2.15 bits per heavy atom. The molecule has 0 aliphatic carbocycles. The number of ether oxygens (including phenoxy) is 2. The fraction of sp³-hybridized carbons (Fsp3) is 0.625. The SMILES string of the molecule is Cc1cc(OCCOCCC2CCCCN2)ccc1Cl. The summed E-state index contributed by atoms with van der Waals surface area (Å²) in [6, 6.07) is 6.35. The molecule has 0 amide bonds. The van der Waals surface area contributed by atoms with E-state index in [2.05, 4.69) is 5.32 Å². The first kappa shape index (κ1) is 15.6. The highest BCUT2D eigenvalue weighted by atomic mass is 35.5. The van der Waals surface area contributed by atoms with Crippen LogP contribution in [0.2, 0.25) is 5.02 Å². The molecule has 3 nitrogen and oxygen atoms in total. The van der Waals surface area contributed by atoms with Gasteiger partial charge in [-0.25, -0.2) is 0 Å². The highest BCUT2D eigenvalue weighted by molar-refractivity contribution is 6.31. The van der Waals surface area contributed by atoms with Gasteiger partial charge in [-0.1, -0.05) is 18.0 Å². The number of halogens is 1. The highest BCUT2D eigenvalue weighted by Gasteiger charge is 2.11. The van der Waals surface area contributed by atoms with E-state index in [0.29, 0.717) is 19.3 Å². The van der Waals surface area contributed by atoms with Crippen molar-refractivity contribution in [3.05, 3.63) is 28.8 Å². The zero-order valence-corrected chi connectivity index (χ0v) is 12.9. The van der Waals surface area contributed by atoms with Gasteiger partial charge in [-0.05, 0) is 56.5 Å². The van der Waals surface area contributed by atoms with Gasteiger partial charge in [-0.2, -0.15) is 0 Å². The zero-order chi connectivity index (χ0) is 14.2. The molecule has 4 heteroatoms. The maximum Gasteiger partial charge on any atom is 0.119 e. The number of benzene rings is 1. The van der Waals surface area contributed by atoms with Crippen LogP contribution in [-0.4, -0.2) is 32.4 Å². The summed E-state index contributed by atoms with van der Waals surface area (Å²) >= 11 is 5.97. The normalized spacial score (nSPS) is 19.0. The average Bonchev–Trinajstić information content (AvgIpc) is 2.47. The number of hydrogen-bond acceptors (Lipinski definition) is 3. The first-order valence-electron chi connectivity index (χ1n) is 7.46. The van der Waals surface area contributed by atoms with Gasteiger partial charge in [0.25, 0.3) is 0 Å². The zero-order valence-electron chi connectivity index (χ0n) is 12.2. The van der Waals surface area contributed by atoms with Crippen LogP contribution < -0.4 is 10.1 Å². The van der Waals surface area contributed by atoms with Gasteiger partial charge in [0, 0.05) is 17.7 Å². The molecule has 0 aromatic heterocycles. The molecular formula is C16H24ClNO2. The molecule has 112 valence electrons. The van der Waals surface area contributed by atoms with E-state index < -0.39 is 0 Å². The topological polar surface area (TPSA) is 30.5 Å². The van der Waals surface area contributed by atoms with Crippen LogP contribution in [0.3, 0.4) is 0 Å². The lowest BCUT2D eigenvalue weighted by Gasteiger charge is -2.23. The van der Waals surface area contributed by atoms with Crippen LogP contribution in [0, 0.1) is 6.92 Å². The Morgan fingerprint density at radius 3 is 2.90 bits per heavy atom. The smallest absolute Gasteiger partial charge is 0.119 e. The predicted molar refractivity (Wildman–Crippen MR) is 82.8 cm³/mol. The molecule has 1 unspecified atom stereocenters. The second-order valence-electron chi connectivity index (χ2n) is 5.31. The molecule has 20 heavy (non-hydrogen) atoms. The first-order chi connectivity index (χ1) is 9.75. The van der Waals surface area contributed by atoms with Crippen LogP contribution in [0.4, 0.5) is 0 Å². The van der Waals surface area contributed by atoms with Crippen molar-refractivity contribution in [2.45, 2.75) is 38.6 Å². The van der Waals surface area contributed by atoms with Gasteiger partial charge >= 0.3 is 0 Å². The Morgan fingerprint density at radius 1 is 1.25 bits per heavy atom. The van der Waals surface area contributed by atoms with Gasteiger partial charge in [0.2, 0.25) is 0 Å². The molecule has 1 aromatic carbocycles. The second-order valence-corrected chi connectivity index (χ2v) is 5.71. The molecule has 2 rings (SSSR count). The molecule has 1 fully saturated rings. The van der Waals surface area contributed by atoms with Crippen molar-refractivity contribution >= 4 is 11.6 Å². The highest BCUT2D eigenvalue weighted by Crippen LogP contribution is 2.20. The lowest BCUT2D eigenvalue weighted by atomic mass is 10.0. The van der Waals surface area contributed by atoms with E-state index in [1.807, 2.05) is 25.1 Å². The molecule has 1 atom stereocenters. The molecule has 1 saturated heterocycles. The first-order valence-corrected chi connectivity index (χ1v) is 7.83. The van der Waals surface area contributed by atoms with Crippen LogP contribution >= 0.6 is 11.6 Å². The average molecular weight is 298 g/mol. The molecule has 1 aliphatic rings. The van der Waals surface area contributed by atoms with Crippen molar-refractivity contribution in [1.82, 2.24) is 5.32 Å². The second kappa shape index (κ2) is 8.50. The van der Waals surface area contributed by atoms with Crippen LogP contribution in [-0.2, 0) is 4.74 Å². The van der Waals surface area contributed by atoms with Crippen molar-refractivity contribution in [2.75, 3.05) is 26.4 Å². The third-order valence-electron chi connectivity index (χ3n) is 3.65. The lowest BCUT2D eigenvalue weighted by Crippen LogP contribution is -2.34. The summed E-state index contributed by atoms with van der Waals surface area (Å²) in [6.45, 7) is 5.15. The number of hydrogen-bond donors (Lipinski definition) is 1. The Balaban J connectivity index is 1.53. The van der Waals surface area contributed by atoms with Crippen LogP contribution in [0.5, 0.6) is 5.75 Å². The van der Waals surface area contributed by atoms with Gasteiger partial charge in [0.1, 0.15) is 12.4 Å². The van der Waals surface area contributed by atoms with Gasteiger partial charge in [0.15, 0.2) is 0 Å². The van der Waals surface area contributed by atoms with E-state index >= 15 is 0 Å². The minimum Gasteiger partial charge on any atom is -0.491 e. The van der Waals surface area contributed by atoms with Crippen molar-refractivity contribution in [3.8, 4) is 5.75 Å². The predicted octanol–water partition coefficient (Wildman–Crippen LogP) is 3.58. The maximum atomic E-state index is 5.97. The summed E-state index contributed by atoms with van der Waals surface area (Å²) in [4.78, 5) is 0. The summed E-state index contributed by atoms with van der Waals surface area (Å²) in [6.07, 6.45) is 5.03. The van der Waals surface area contributed by atoms with E-state index in [9.17, 15) is 0 Å². The molecule has 0 saturated carbocycles. The van der Waals surface area contributed by atoms with Crippen molar-refractivity contribution < 1.29 is 9.47 Å². The van der Waals surface area contributed by atoms with Crippen LogP contribution in [0.1, 0.15) is 31.2 Å². The summed E-state index contributed by atoms with van der Waals surface area (Å²) in [5.41, 5.74) is 1.04. The maximum absolute atomic E-state index is 5.97. The summed E-state index contributed by atoms with van der Waals surface area (Å²) in [5.74, 6) is 0.851. The summed E-state index contributed by atoms with van der Waals surface area (Å²) in [5, 5.41) is 4.30. The molecule has 1 heterocycles. The largest absolute Gasteiger partial charge is 0.491 e. The van der Waals surface area contributed by atoms with E-state index in [1.54, 1.807) is 0 Å². The number of piperidine rings is 1. The van der Waals surface area contributed by atoms with Gasteiger partial charge in [-0.15, -0.1) is 0 Å². The van der Waals surface area contributed by atoms with Crippen LogP contribution in [0.25, 0.3) is 0 Å². The van der Waals surface area contributed by atoms with E-state index in [1.165, 1.54) is 19.3 Å². The third kappa shape index (κ3) is 5.31. The lowest BCUT2D eigenvalue weighted by molar-refractivity contribution is 0.0911. The third-order valence-corrected chi connectivity index (χ3v) is 4.07.